The van der Waals surface area contributed by atoms with Gasteiger partial charge in [0.05, 0.1) is 16.9 Å². The first-order valence-corrected chi connectivity index (χ1v) is 16.2. The molecule has 0 saturated carbocycles. The van der Waals surface area contributed by atoms with Crippen molar-refractivity contribution in [2.75, 3.05) is 76.3 Å². The highest BCUT2D eigenvalue weighted by molar-refractivity contribution is 9.10. The van der Waals surface area contributed by atoms with Crippen LogP contribution in [0.3, 0.4) is 0 Å². The summed E-state index contributed by atoms with van der Waals surface area (Å²) in [5.74, 6) is 0. The van der Waals surface area contributed by atoms with E-state index in [-0.39, 0.29) is 0 Å². The SMILES string of the molecule is CN1CCN(c2ccc(-c3cnc4c(Br)cnn4c3)cc2)CC1.CN1CCN(c2ccc(-c3cnc4ccnn4c3)cc2)CC1. The van der Waals surface area contributed by atoms with Crippen LogP contribution in [0, 0.1) is 0 Å². The van der Waals surface area contributed by atoms with Crippen molar-refractivity contribution in [1.82, 2.24) is 39.0 Å². The standard InChI is InChI=1S/C17H18BrN5.C17H19N5/c1-21-6-8-22(9-7-21)15-4-2-13(3-5-15)14-10-19-17-16(18)11-20-23(17)12-14;1-20-8-10-21(11-9-20)16-4-2-14(3-5-16)15-12-18-17-6-7-19-22(17)13-15/h2-5,10-12H,6-9H2,1H3;2-7,12-13H,8-11H2,1H3. The maximum atomic E-state index is 4.48. The molecule has 0 N–H and O–H groups in total. The Bertz CT molecular complexity index is 1870. The van der Waals surface area contributed by atoms with Crippen LogP contribution in [0.4, 0.5) is 11.4 Å². The summed E-state index contributed by atoms with van der Waals surface area (Å²) in [5.41, 5.74) is 8.77. The molecular formula is C34H37BrN10. The number of piperazine rings is 2. The minimum absolute atomic E-state index is 0.836. The Morgan fingerprint density at radius 3 is 1.60 bits per heavy atom. The summed E-state index contributed by atoms with van der Waals surface area (Å²) in [4.78, 5) is 18.5. The molecule has 2 aromatic carbocycles. The molecule has 2 saturated heterocycles. The van der Waals surface area contributed by atoms with Crippen LogP contribution in [0.15, 0.2) is 96.3 Å². The average molecular weight is 666 g/mol. The van der Waals surface area contributed by atoms with E-state index in [1.54, 1.807) is 16.9 Å². The van der Waals surface area contributed by atoms with Crippen molar-refractivity contribution in [1.29, 1.82) is 0 Å². The molecule has 8 rings (SSSR count). The smallest absolute Gasteiger partial charge is 0.169 e. The van der Waals surface area contributed by atoms with Gasteiger partial charge in [0.25, 0.3) is 0 Å². The summed E-state index contributed by atoms with van der Waals surface area (Å²) in [6, 6.07) is 19.4. The van der Waals surface area contributed by atoms with Gasteiger partial charge in [-0.2, -0.15) is 10.2 Å². The molecule has 45 heavy (non-hydrogen) atoms. The monoisotopic (exact) mass is 664 g/mol. The first kappa shape index (κ1) is 29.4. The number of hydrogen-bond acceptors (Lipinski definition) is 8. The Hall–Kier alpha value is -4.32. The van der Waals surface area contributed by atoms with E-state index in [0.717, 1.165) is 84.8 Å². The van der Waals surface area contributed by atoms with E-state index in [9.17, 15) is 0 Å². The number of likely N-dealkylation sites (N-methyl/N-ethyl adjacent to an activating group) is 2. The van der Waals surface area contributed by atoms with Crippen LogP contribution in [0.5, 0.6) is 0 Å². The molecule has 2 fully saturated rings. The van der Waals surface area contributed by atoms with Crippen LogP contribution in [0.25, 0.3) is 33.5 Å². The molecule has 10 nitrogen and oxygen atoms in total. The number of nitrogens with zero attached hydrogens (tertiary/aromatic N) is 10. The normalized spacial score (nSPS) is 16.2. The van der Waals surface area contributed by atoms with Gasteiger partial charge in [0, 0.05) is 106 Å². The van der Waals surface area contributed by atoms with Gasteiger partial charge >= 0.3 is 0 Å². The molecule has 2 aliphatic heterocycles. The minimum atomic E-state index is 0.836. The molecule has 2 aliphatic rings. The first-order valence-electron chi connectivity index (χ1n) is 15.4. The Kier molecular flexibility index (Phi) is 8.47. The maximum absolute atomic E-state index is 4.48. The zero-order valence-electron chi connectivity index (χ0n) is 25.7. The molecule has 0 aliphatic carbocycles. The fraction of sp³-hybridized carbons (Fsp3) is 0.294. The lowest BCUT2D eigenvalue weighted by Gasteiger charge is -2.34. The average Bonchev–Trinajstić information content (AvgIpc) is 3.72. The van der Waals surface area contributed by atoms with Gasteiger partial charge in [0.15, 0.2) is 11.3 Å². The second-order valence-corrected chi connectivity index (χ2v) is 12.6. The minimum Gasteiger partial charge on any atom is -0.369 e. The quantitative estimate of drug-likeness (QED) is 0.259. The third-order valence-corrected chi connectivity index (χ3v) is 9.26. The van der Waals surface area contributed by atoms with E-state index in [4.69, 9.17) is 0 Å². The second kappa shape index (κ2) is 13.0. The van der Waals surface area contributed by atoms with E-state index in [1.807, 2.05) is 35.4 Å². The van der Waals surface area contributed by atoms with Crippen molar-refractivity contribution in [3.05, 3.63) is 96.3 Å². The van der Waals surface area contributed by atoms with Crippen LogP contribution in [-0.4, -0.2) is 105 Å². The van der Waals surface area contributed by atoms with E-state index in [0.29, 0.717) is 0 Å². The van der Waals surface area contributed by atoms with Gasteiger partial charge in [-0.15, -0.1) is 0 Å². The highest BCUT2D eigenvalue weighted by atomic mass is 79.9. The number of benzene rings is 2. The molecule has 0 atom stereocenters. The Labute approximate surface area is 271 Å². The van der Waals surface area contributed by atoms with Gasteiger partial charge in [0.2, 0.25) is 0 Å². The van der Waals surface area contributed by atoms with Crippen LogP contribution < -0.4 is 9.80 Å². The molecule has 0 spiro atoms. The Balaban J connectivity index is 0.000000145. The maximum Gasteiger partial charge on any atom is 0.169 e. The lowest BCUT2D eigenvalue weighted by atomic mass is 10.1. The number of fused-ring (bicyclic) bond motifs is 2. The van der Waals surface area contributed by atoms with E-state index < -0.39 is 0 Å². The Morgan fingerprint density at radius 2 is 1.04 bits per heavy atom. The number of halogens is 1. The number of aromatic nitrogens is 6. The molecule has 0 unspecified atom stereocenters. The molecule has 0 bridgehead atoms. The third kappa shape index (κ3) is 6.56. The van der Waals surface area contributed by atoms with Gasteiger partial charge in [-0.3, -0.25) is 0 Å². The molecule has 11 heteroatoms. The topological polar surface area (TPSA) is 73.3 Å². The van der Waals surface area contributed by atoms with E-state index in [2.05, 4.69) is 118 Å². The third-order valence-electron chi connectivity index (χ3n) is 8.70. The van der Waals surface area contributed by atoms with Crippen molar-refractivity contribution in [2.24, 2.45) is 0 Å². The van der Waals surface area contributed by atoms with Crippen molar-refractivity contribution in [2.45, 2.75) is 0 Å². The number of hydrogen-bond donors (Lipinski definition) is 0. The summed E-state index contributed by atoms with van der Waals surface area (Å²) in [6.07, 6.45) is 11.4. The zero-order valence-corrected chi connectivity index (χ0v) is 27.3. The first-order chi connectivity index (χ1) is 22.0. The molecule has 0 amide bonds. The van der Waals surface area contributed by atoms with Gasteiger partial charge in [0.1, 0.15) is 0 Å². The van der Waals surface area contributed by atoms with Crippen LogP contribution >= 0.6 is 15.9 Å². The van der Waals surface area contributed by atoms with Gasteiger partial charge < -0.3 is 19.6 Å². The summed E-state index contributed by atoms with van der Waals surface area (Å²) in [7, 11) is 4.36. The summed E-state index contributed by atoms with van der Waals surface area (Å²) in [6.45, 7) is 8.86. The highest BCUT2D eigenvalue weighted by Crippen LogP contribution is 2.26. The molecule has 4 aromatic heterocycles. The van der Waals surface area contributed by atoms with Crippen molar-refractivity contribution in [3.63, 3.8) is 0 Å². The lowest BCUT2D eigenvalue weighted by molar-refractivity contribution is 0.313. The van der Waals surface area contributed by atoms with Gasteiger partial charge in [-0.05, 0) is 65.4 Å². The lowest BCUT2D eigenvalue weighted by Crippen LogP contribution is -2.44. The van der Waals surface area contributed by atoms with Crippen LogP contribution in [0.1, 0.15) is 0 Å². The molecule has 230 valence electrons. The van der Waals surface area contributed by atoms with Gasteiger partial charge in [-0.1, -0.05) is 24.3 Å². The largest absolute Gasteiger partial charge is 0.369 e. The summed E-state index contributed by atoms with van der Waals surface area (Å²) in [5, 5.41) is 8.54. The fourth-order valence-electron chi connectivity index (χ4n) is 5.81. The predicted molar refractivity (Wildman–Crippen MR) is 184 cm³/mol. The van der Waals surface area contributed by atoms with Crippen molar-refractivity contribution < 1.29 is 0 Å². The van der Waals surface area contributed by atoms with Crippen LogP contribution in [0.2, 0.25) is 0 Å². The second-order valence-electron chi connectivity index (χ2n) is 11.8. The van der Waals surface area contributed by atoms with Crippen LogP contribution in [-0.2, 0) is 0 Å². The summed E-state index contributed by atoms with van der Waals surface area (Å²) >= 11 is 3.45. The Morgan fingerprint density at radius 1 is 0.533 bits per heavy atom. The fourth-order valence-corrected chi connectivity index (χ4v) is 6.19. The van der Waals surface area contributed by atoms with Crippen molar-refractivity contribution >= 4 is 38.6 Å². The summed E-state index contributed by atoms with van der Waals surface area (Å²) < 4.78 is 4.52. The highest BCUT2D eigenvalue weighted by Gasteiger charge is 2.15. The van der Waals surface area contributed by atoms with Gasteiger partial charge in [-0.25, -0.2) is 19.0 Å². The van der Waals surface area contributed by atoms with Crippen molar-refractivity contribution in [3.8, 4) is 22.3 Å². The molecule has 0 radical (unpaired) electrons. The van der Waals surface area contributed by atoms with E-state index in [1.165, 1.54) is 16.9 Å². The molecule has 6 aromatic rings. The van der Waals surface area contributed by atoms with E-state index >= 15 is 0 Å². The molecule has 6 heterocycles. The number of rotatable bonds is 4. The number of anilines is 2. The predicted octanol–water partition coefficient (Wildman–Crippen LogP) is 5.06. The zero-order chi connectivity index (χ0) is 30.8. The molecular weight excluding hydrogens is 628 g/mol.